The number of carbonyl (C=O) groups is 2. The molecule has 0 aliphatic heterocycles. The maximum atomic E-state index is 12.1. The van der Waals surface area contributed by atoms with E-state index in [9.17, 15) is 9.59 Å². The zero-order valence-corrected chi connectivity index (χ0v) is 23.8. The Balaban J connectivity index is -0.00000168. The van der Waals surface area contributed by atoms with Crippen LogP contribution in [0.4, 0.5) is 0 Å². The quantitative estimate of drug-likeness (QED) is 0.152. The van der Waals surface area contributed by atoms with E-state index in [0.717, 1.165) is 13.1 Å². The van der Waals surface area contributed by atoms with Crippen LogP contribution in [-0.4, -0.2) is 70.6 Å². The highest BCUT2D eigenvalue weighted by atomic mass is 16.6. The van der Waals surface area contributed by atoms with Crippen LogP contribution in [0.3, 0.4) is 0 Å². The van der Waals surface area contributed by atoms with E-state index in [1.165, 1.54) is 0 Å². The van der Waals surface area contributed by atoms with E-state index in [1.807, 2.05) is 67.5 Å². The molecule has 1 atom stereocenters. The van der Waals surface area contributed by atoms with Crippen LogP contribution in [0.5, 0.6) is 5.75 Å². The fraction of sp³-hybridized carbons (Fsp3) is 0.630. The number of carbonyl (C=O) groups excluding carboxylic acids is 2. The Bertz CT molecular complexity index is 657. The van der Waals surface area contributed by atoms with Crippen molar-refractivity contribution in [3.8, 4) is 5.75 Å². The lowest BCUT2D eigenvalue weighted by Crippen LogP contribution is -2.33. The van der Waals surface area contributed by atoms with Gasteiger partial charge in [-0.2, -0.15) is 0 Å². The van der Waals surface area contributed by atoms with Crippen LogP contribution < -0.4 is 26.4 Å². The fourth-order valence-electron chi connectivity index (χ4n) is 2.26. The zero-order chi connectivity index (χ0) is 28.0. The van der Waals surface area contributed by atoms with E-state index in [0.29, 0.717) is 24.4 Å². The van der Waals surface area contributed by atoms with Gasteiger partial charge < -0.3 is 35.9 Å². The number of allylic oxidation sites excluding steroid dienone is 1. The molecule has 0 spiro atoms. The highest BCUT2D eigenvalue weighted by Gasteiger charge is 2.08. The van der Waals surface area contributed by atoms with Gasteiger partial charge in [0.15, 0.2) is 0 Å². The Morgan fingerprint density at radius 2 is 1.72 bits per heavy atom. The molecule has 0 saturated carbocycles. The van der Waals surface area contributed by atoms with Crippen LogP contribution in [0.2, 0.25) is 0 Å². The first-order chi connectivity index (χ1) is 17.6. The molecule has 1 aromatic carbocycles. The number of nitrogens with two attached hydrogens (primary N) is 1. The summed E-state index contributed by atoms with van der Waals surface area (Å²) in [5.74, 6) is 0.180. The summed E-state index contributed by atoms with van der Waals surface area (Å²) in [6.07, 6.45) is 3.04. The highest BCUT2D eigenvalue weighted by Crippen LogP contribution is 2.13. The first kappa shape index (κ1) is 38.1. The zero-order valence-electron chi connectivity index (χ0n) is 23.8. The van der Waals surface area contributed by atoms with E-state index in [-0.39, 0.29) is 38.2 Å². The number of nitrogens with one attached hydrogen (secondary N) is 3. The molecule has 1 rings (SSSR count). The van der Waals surface area contributed by atoms with Gasteiger partial charge in [-0.3, -0.25) is 9.59 Å². The fourth-order valence-corrected chi connectivity index (χ4v) is 2.26. The molecule has 0 aliphatic carbocycles. The normalized spacial score (nSPS) is 10.5. The molecule has 0 heterocycles. The molecule has 9 nitrogen and oxygen atoms in total. The molecule has 5 N–H and O–H groups in total. The van der Waals surface area contributed by atoms with Gasteiger partial charge in [-0.25, -0.2) is 0 Å². The molecule has 9 heteroatoms. The van der Waals surface area contributed by atoms with Gasteiger partial charge in [-0.15, -0.1) is 0 Å². The average Bonchev–Trinajstić information content (AvgIpc) is 2.93. The number of likely N-dealkylation sites (N-methyl/N-ethyl adjacent to an activating group) is 1. The van der Waals surface area contributed by atoms with Gasteiger partial charge in [-0.05, 0) is 31.7 Å². The summed E-state index contributed by atoms with van der Waals surface area (Å²) in [6.45, 7) is 19.1. The third-order valence-electron chi connectivity index (χ3n) is 3.79. The summed E-state index contributed by atoms with van der Waals surface area (Å²) < 4.78 is 16.2. The molecule has 1 aromatic rings. The van der Waals surface area contributed by atoms with E-state index >= 15 is 0 Å². The molecule has 0 radical (unpaired) electrons. The molecule has 0 saturated heterocycles. The predicted octanol–water partition coefficient (Wildman–Crippen LogP) is 3.49. The van der Waals surface area contributed by atoms with Crippen molar-refractivity contribution in [1.29, 1.82) is 0 Å². The third-order valence-corrected chi connectivity index (χ3v) is 3.79. The largest absolute Gasteiger partial charge is 0.489 e. The topological polar surface area (TPSA) is 124 Å². The number of benzene rings is 1. The van der Waals surface area contributed by atoms with Crippen molar-refractivity contribution in [2.75, 3.05) is 52.6 Å². The van der Waals surface area contributed by atoms with Gasteiger partial charge in [0.1, 0.15) is 25.2 Å². The van der Waals surface area contributed by atoms with Gasteiger partial charge in [-0.1, -0.05) is 66.7 Å². The Hall–Kier alpha value is -2.46. The highest BCUT2D eigenvalue weighted by molar-refractivity contribution is 5.94. The molecule has 1 unspecified atom stereocenters. The SMILES string of the molecule is C/C=C/CNC(=O)COCCOC(N)COc1cccc(C(=O)NCCNCC)c1.CC.CC.CC. The van der Waals surface area contributed by atoms with Gasteiger partial charge in [0.05, 0.1) is 13.2 Å². The Labute approximate surface area is 219 Å². The minimum atomic E-state index is -0.658. The van der Waals surface area contributed by atoms with Crippen LogP contribution in [0, 0.1) is 0 Å². The first-order valence-electron chi connectivity index (χ1n) is 13.1. The van der Waals surface area contributed by atoms with E-state index in [2.05, 4.69) is 16.0 Å². The summed E-state index contributed by atoms with van der Waals surface area (Å²) in [6, 6.07) is 6.87. The summed E-state index contributed by atoms with van der Waals surface area (Å²) in [5, 5.41) is 8.66. The summed E-state index contributed by atoms with van der Waals surface area (Å²) in [4.78, 5) is 23.6. The lowest BCUT2D eigenvalue weighted by atomic mass is 10.2. The predicted molar refractivity (Wildman–Crippen MR) is 149 cm³/mol. The average molecular weight is 513 g/mol. The van der Waals surface area contributed by atoms with Crippen LogP contribution >= 0.6 is 0 Å². The van der Waals surface area contributed by atoms with Crippen molar-refractivity contribution in [3.63, 3.8) is 0 Å². The molecule has 36 heavy (non-hydrogen) atoms. The van der Waals surface area contributed by atoms with Crippen molar-refractivity contribution in [1.82, 2.24) is 16.0 Å². The van der Waals surface area contributed by atoms with Crippen molar-refractivity contribution in [2.24, 2.45) is 5.73 Å². The van der Waals surface area contributed by atoms with E-state index in [1.54, 1.807) is 24.3 Å². The summed E-state index contributed by atoms with van der Waals surface area (Å²) >= 11 is 0. The van der Waals surface area contributed by atoms with Crippen molar-refractivity contribution in [3.05, 3.63) is 42.0 Å². The van der Waals surface area contributed by atoms with Gasteiger partial charge in [0, 0.05) is 25.2 Å². The van der Waals surface area contributed by atoms with Crippen LogP contribution in [0.25, 0.3) is 0 Å². The van der Waals surface area contributed by atoms with Crippen molar-refractivity contribution in [2.45, 2.75) is 61.6 Å². The molecule has 2 amide bonds. The number of hydrogen-bond donors (Lipinski definition) is 4. The summed E-state index contributed by atoms with van der Waals surface area (Å²) in [5.41, 5.74) is 6.37. The van der Waals surface area contributed by atoms with E-state index < -0.39 is 6.23 Å². The number of ether oxygens (including phenoxy) is 3. The maximum Gasteiger partial charge on any atom is 0.251 e. The standard InChI is InChI=1S/C21H34N4O5.3C2H6/c1-3-5-9-24-20(26)16-28-12-13-29-19(22)15-30-18-8-6-7-17(14-18)21(27)25-11-10-23-4-2;3*1-2/h3,5-8,14,19,23H,4,9-13,15-16,22H2,1-2H3,(H,24,26)(H,25,27);3*1-2H3/b5-3+;;;. The number of amides is 2. The number of rotatable bonds is 16. The maximum absolute atomic E-state index is 12.1. The molecule has 0 bridgehead atoms. The van der Waals surface area contributed by atoms with Crippen molar-refractivity contribution >= 4 is 11.8 Å². The molecule has 0 fully saturated rings. The van der Waals surface area contributed by atoms with Crippen LogP contribution in [0.15, 0.2) is 36.4 Å². The number of hydrogen-bond acceptors (Lipinski definition) is 7. The third kappa shape index (κ3) is 23.3. The Kier molecular flexibility index (Phi) is 32.3. The second-order valence-corrected chi connectivity index (χ2v) is 6.28. The van der Waals surface area contributed by atoms with Gasteiger partial charge >= 0.3 is 0 Å². The smallest absolute Gasteiger partial charge is 0.251 e. The van der Waals surface area contributed by atoms with Crippen LogP contribution in [0.1, 0.15) is 65.7 Å². The van der Waals surface area contributed by atoms with E-state index in [4.69, 9.17) is 19.9 Å². The van der Waals surface area contributed by atoms with Crippen LogP contribution in [-0.2, 0) is 14.3 Å². The minimum absolute atomic E-state index is 0.0317. The molecular weight excluding hydrogens is 460 g/mol. The second-order valence-electron chi connectivity index (χ2n) is 6.28. The summed E-state index contributed by atoms with van der Waals surface area (Å²) in [7, 11) is 0. The molecule has 0 aromatic heterocycles. The monoisotopic (exact) mass is 512 g/mol. The Morgan fingerprint density at radius 3 is 2.36 bits per heavy atom. The van der Waals surface area contributed by atoms with Gasteiger partial charge in [0.25, 0.3) is 5.91 Å². The molecule has 210 valence electrons. The van der Waals surface area contributed by atoms with Crippen molar-refractivity contribution < 1.29 is 23.8 Å². The molecular formula is C27H52N4O5. The minimum Gasteiger partial charge on any atom is -0.489 e. The lowest BCUT2D eigenvalue weighted by Gasteiger charge is -2.15. The Morgan fingerprint density at radius 1 is 1.03 bits per heavy atom. The van der Waals surface area contributed by atoms with Gasteiger partial charge in [0.2, 0.25) is 5.91 Å². The second kappa shape index (κ2) is 30.6. The lowest BCUT2D eigenvalue weighted by molar-refractivity contribution is -0.126. The molecule has 0 aliphatic rings. The first-order valence-corrected chi connectivity index (χ1v) is 13.1.